The first-order valence-electron chi connectivity index (χ1n) is 2.77. The molecule has 3 N–H and O–H groups in total. The molecule has 1 heterocycles. The average Bonchev–Trinajstić information content (AvgIpc) is 2.34. The number of nitrogens with one attached hydrogen (secondary N) is 1. The van der Waals surface area contributed by atoms with Crippen molar-refractivity contribution in [2.24, 2.45) is 0 Å². The van der Waals surface area contributed by atoms with Crippen molar-refractivity contribution < 1.29 is 15.0 Å². The molecule has 1 rings (SSSR count). The monoisotopic (exact) mass is 174 g/mol. The Balaban J connectivity index is 2.65. The number of amides is 1. The van der Waals surface area contributed by atoms with Crippen LogP contribution in [0.4, 0.5) is 10.6 Å². The maximum Gasteiger partial charge on any atom is 0.410 e. The van der Waals surface area contributed by atoms with E-state index >= 15 is 0 Å². The Labute approximate surface area is 66.3 Å². The normalized spacial score (nSPS) is 9.55. The van der Waals surface area contributed by atoms with Crippen molar-refractivity contribution in [3.8, 4) is 0 Å². The molecule has 0 aliphatic rings. The van der Waals surface area contributed by atoms with Gasteiger partial charge in [-0.3, -0.25) is 5.32 Å². The zero-order valence-corrected chi connectivity index (χ0v) is 6.26. The van der Waals surface area contributed by atoms with Crippen molar-refractivity contribution in [2.45, 2.75) is 6.61 Å². The third kappa shape index (κ3) is 2.17. The van der Waals surface area contributed by atoms with Crippen molar-refractivity contribution in [3.05, 3.63) is 10.4 Å². The molecule has 6 heteroatoms. The van der Waals surface area contributed by atoms with E-state index < -0.39 is 6.09 Å². The zero-order chi connectivity index (χ0) is 8.27. The lowest BCUT2D eigenvalue weighted by atomic mass is 10.7. The summed E-state index contributed by atoms with van der Waals surface area (Å²) < 4.78 is 0. The molecule has 5 nitrogen and oxygen atoms in total. The highest BCUT2D eigenvalue weighted by atomic mass is 32.1. The highest BCUT2D eigenvalue weighted by Gasteiger charge is 2.02. The topological polar surface area (TPSA) is 82.5 Å². The first kappa shape index (κ1) is 7.96. The molecule has 0 aliphatic heterocycles. The van der Waals surface area contributed by atoms with E-state index in [1.54, 1.807) is 0 Å². The van der Waals surface area contributed by atoms with Crippen LogP contribution in [0.3, 0.4) is 0 Å². The van der Waals surface area contributed by atoms with Gasteiger partial charge in [0.15, 0.2) is 0 Å². The van der Waals surface area contributed by atoms with Crippen LogP contribution in [0.15, 0.2) is 5.38 Å². The van der Waals surface area contributed by atoms with Crippen molar-refractivity contribution >= 4 is 23.2 Å². The first-order chi connectivity index (χ1) is 5.22. The molecule has 0 spiro atoms. The van der Waals surface area contributed by atoms with Crippen molar-refractivity contribution in [2.75, 3.05) is 5.32 Å². The number of aromatic nitrogens is 1. The second-order valence-electron chi connectivity index (χ2n) is 1.71. The molecule has 1 aromatic heterocycles. The Morgan fingerprint density at radius 2 is 2.55 bits per heavy atom. The molecule has 0 unspecified atom stereocenters. The summed E-state index contributed by atoms with van der Waals surface area (Å²) in [5, 5.41) is 20.9. The van der Waals surface area contributed by atoms with Crippen LogP contribution in [-0.4, -0.2) is 21.3 Å². The van der Waals surface area contributed by atoms with Crippen LogP contribution >= 0.6 is 11.3 Å². The van der Waals surface area contributed by atoms with Gasteiger partial charge in [-0.15, -0.1) is 11.3 Å². The Bertz CT molecular complexity index is 260. The van der Waals surface area contributed by atoms with Gasteiger partial charge >= 0.3 is 6.09 Å². The zero-order valence-electron chi connectivity index (χ0n) is 5.44. The van der Waals surface area contributed by atoms with Gasteiger partial charge in [-0.2, -0.15) is 0 Å². The minimum Gasteiger partial charge on any atom is -0.465 e. The predicted octanol–water partition coefficient (Wildman–Crippen LogP) is 0.725. The number of carboxylic acid groups (broad SMARTS) is 1. The number of rotatable bonds is 2. The first-order valence-corrected chi connectivity index (χ1v) is 3.65. The van der Waals surface area contributed by atoms with Crippen LogP contribution in [0.1, 0.15) is 5.01 Å². The lowest BCUT2D eigenvalue weighted by molar-refractivity contribution is 0.209. The highest BCUT2D eigenvalue weighted by molar-refractivity contribution is 7.10. The van der Waals surface area contributed by atoms with Gasteiger partial charge in [0.2, 0.25) is 0 Å². The fourth-order valence-electron chi connectivity index (χ4n) is 0.550. The summed E-state index contributed by atoms with van der Waals surface area (Å²) in [5.74, 6) is 0.256. The molecule has 0 saturated heterocycles. The number of hydrogen-bond acceptors (Lipinski definition) is 4. The van der Waals surface area contributed by atoms with E-state index in [9.17, 15) is 4.79 Å². The summed E-state index contributed by atoms with van der Waals surface area (Å²) in [7, 11) is 0. The summed E-state index contributed by atoms with van der Waals surface area (Å²) >= 11 is 1.20. The molecule has 60 valence electrons. The fourth-order valence-corrected chi connectivity index (χ4v) is 1.14. The number of aliphatic hydroxyl groups excluding tert-OH is 1. The lowest BCUT2D eigenvalue weighted by Crippen LogP contribution is -2.07. The van der Waals surface area contributed by atoms with Gasteiger partial charge in [0.05, 0.1) is 6.61 Å². The minimum absolute atomic E-state index is 0.161. The molecule has 0 aliphatic carbocycles. The molecule has 0 radical (unpaired) electrons. The van der Waals surface area contributed by atoms with Crippen LogP contribution in [0.2, 0.25) is 0 Å². The van der Waals surface area contributed by atoms with Crippen LogP contribution in [0, 0.1) is 0 Å². The molecular formula is C5H6N2O3S. The molecule has 0 bridgehead atoms. The Kier molecular flexibility index (Phi) is 2.40. The standard InChI is InChI=1S/C5H6N2O3S/c8-1-4-6-3(2-11-4)7-5(9)10/h2,7-8H,1H2,(H,9,10). The third-order valence-electron chi connectivity index (χ3n) is 0.922. The van der Waals surface area contributed by atoms with Crippen LogP contribution < -0.4 is 5.32 Å². The third-order valence-corrected chi connectivity index (χ3v) is 1.76. The van der Waals surface area contributed by atoms with Crippen molar-refractivity contribution in [3.63, 3.8) is 0 Å². The SMILES string of the molecule is O=C(O)Nc1csc(CO)n1. The predicted molar refractivity (Wildman–Crippen MR) is 39.7 cm³/mol. The second kappa shape index (κ2) is 3.31. The number of aliphatic hydroxyl groups is 1. The maximum atomic E-state index is 10.1. The van der Waals surface area contributed by atoms with E-state index in [-0.39, 0.29) is 12.4 Å². The van der Waals surface area contributed by atoms with Gasteiger partial charge in [0.25, 0.3) is 0 Å². The molecule has 1 aromatic rings. The summed E-state index contributed by atoms with van der Waals surface area (Å²) in [6, 6.07) is 0. The highest BCUT2D eigenvalue weighted by Crippen LogP contribution is 2.13. The van der Waals surface area contributed by atoms with E-state index in [1.807, 2.05) is 0 Å². The number of anilines is 1. The van der Waals surface area contributed by atoms with Crippen LogP contribution in [0.25, 0.3) is 0 Å². The number of thiazole rings is 1. The number of nitrogens with zero attached hydrogens (tertiary/aromatic N) is 1. The summed E-state index contributed by atoms with van der Waals surface area (Å²) in [5.41, 5.74) is 0. The minimum atomic E-state index is -1.15. The fraction of sp³-hybridized carbons (Fsp3) is 0.200. The maximum absolute atomic E-state index is 10.1. The van der Waals surface area contributed by atoms with E-state index in [0.29, 0.717) is 5.01 Å². The molecule has 0 fully saturated rings. The Morgan fingerprint density at radius 1 is 1.82 bits per heavy atom. The van der Waals surface area contributed by atoms with E-state index in [1.165, 1.54) is 16.7 Å². The molecular weight excluding hydrogens is 168 g/mol. The lowest BCUT2D eigenvalue weighted by Gasteiger charge is -1.91. The summed E-state index contributed by atoms with van der Waals surface area (Å²) in [6.45, 7) is -0.161. The van der Waals surface area contributed by atoms with Gasteiger partial charge in [-0.05, 0) is 0 Å². The quantitative estimate of drug-likeness (QED) is 0.617. The number of carbonyl (C=O) groups is 1. The summed E-state index contributed by atoms with van der Waals surface area (Å²) in [4.78, 5) is 13.8. The van der Waals surface area contributed by atoms with Gasteiger partial charge in [-0.1, -0.05) is 0 Å². The van der Waals surface area contributed by atoms with E-state index in [4.69, 9.17) is 10.2 Å². The molecule has 0 saturated carbocycles. The van der Waals surface area contributed by atoms with E-state index in [2.05, 4.69) is 10.3 Å². The Hall–Kier alpha value is -1.14. The summed E-state index contributed by atoms with van der Waals surface area (Å²) in [6.07, 6.45) is -1.15. The van der Waals surface area contributed by atoms with Gasteiger partial charge in [-0.25, -0.2) is 9.78 Å². The second-order valence-corrected chi connectivity index (χ2v) is 2.66. The van der Waals surface area contributed by atoms with Gasteiger partial charge < -0.3 is 10.2 Å². The van der Waals surface area contributed by atoms with Gasteiger partial charge in [0.1, 0.15) is 10.8 Å². The average molecular weight is 174 g/mol. The van der Waals surface area contributed by atoms with Crippen molar-refractivity contribution in [1.82, 2.24) is 4.98 Å². The Morgan fingerprint density at radius 3 is 3.00 bits per heavy atom. The van der Waals surface area contributed by atoms with Crippen molar-refractivity contribution in [1.29, 1.82) is 0 Å². The largest absolute Gasteiger partial charge is 0.465 e. The number of hydrogen-bond donors (Lipinski definition) is 3. The van der Waals surface area contributed by atoms with Crippen LogP contribution in [-0.2, 0) is 6.61 Å². The molecule has 0 atom stereocenters. The smallest absolute Gasteiger partial charge is 0.410 e. The molecule has 1 amide bonds. The molecule has 11 heavy (non-hydrogen) atoms. The van der Waals surface area contributed by atoms with E-state index in [0.717, 1.165) is 0 Å². The van der Waals surface area contributed by atoms with Gasteiger partial charge in [0, 0.05) is 5.38 Å². The molecule has 0 aromatic carbocycles. The van der Waals surface area contributed by atoms with Crippen LogP contribution in [0.5, 0.6) is 0 Å².